The maximum atomic E-state index is 4.93. The van der Waals surface area contributed by atoms with Crippen molar-refractivity contribution in [1.29, 1.82) is 0 Å². The van der Waals surface area contributed by atoms with Crippen LogP contribution in [0.15, 0.2) is 66.7 Å². The van der Waals surface area contributed by atoms with Crippen LogP contribution in [0, 0.1) is 3.57 Å². The van der Waals surface area contributed by atoms with Gasteiger partial charge >= 0.3 is 0 Å². The topological polar surface area (TPSA) is 25.8 Å². The highest BCUT2D eigenvalue weighted by Gasteiger charge is 2.12. The van der Waals surface area contributed by atoms with Crippen molar-refractivity contribution < 1.29 is 0 Å². The molecule has 0 bridgehead atoms. The van der Waals surface area contributed by atoms with E-state index in [1.165, 1.54) is 19.7 Å². The lowest BCUT2D eigenvalue weighted by molar-refractivity contribution is 1.42. The Labute approximate surface area is 146 Å². The summed E-state index contributed by atoms with van der Waals surface area (Å²) >= 11 is 2.35. The zero-order valence-electron chi connectivity index (χ0n) is 12.1. The molecule has 0 radical (unpaired) electrons. The number of nitrogens with zero attached hydrogens (tertiary/aromatic N) is 2. The molecule has 0 atom stereocenters. The van der Waals surface area contributed by atoms with Gasteiger partial charge in [-0.2, -0.15) is 0 Å². The van der Waals surface area contributed by atoms with E-state index in [2.05, 4.69) is 65.1 Å². The average Bonchev–Trinajstić information content (AvgIpc) is 2.60. The van der Waals surface area contributed by atoms with Crippen molar-refractivity contribution >= 4 is 66.2 Å². The van der Waals surface area contributed by atoms with Crippen molar-refractivity contribution in [3.8, 4) is 0 Å². The highest BCUT2D eigenvalue weighted by Crippen LogP contribution is 2.34. The first kappa shape index (κ1) is 13.2. The third kappa shape index (κ3) is 1.93. The van der Waals surface area contributed by atoms with Gasteiger partial charge in [-0.05, 0) is 57.6 Å². The van der Waals surface area contributed by atoms with Gasteiger partial charge in [0.15, 0.2) is 0 Å². The number of hydrogen-bond acceptors (Lipinski definition) is 2. The zero-order valence-corrected chi connectivity index (χ0v) is 14.3. The predicted molar refractivity (Wildman–Crippen MR) is 105 cm³/mol. The largest absolute Gasteiger partial charge is 0.244 e. The van der Waals surface area contributed by atoms with E-state index in [9.17, 15) is 0 Å². The van der Waals surface area contributed by atoms with Gasteiger partial charge in [0.05, 0.1) is 22.1 Å². The fraction of sp³-hybridized carbons (Fsp3) is 0. The molecule has 0 unspecified atom stereocenters. The van der Waals surface area contributed by atoms with Crippen LogP contribution in [0.5, 0.6) is 0 Å². The van der Waals surface area contributed by atoms with Gasteiger partial charge in [0.2, 0.25) is 0 Å². The van der Waals surface area contributed by atoms with Crippen LogP contribution < -0.4 is 0 Å². The molecule has 5 aromatic rings. The molecule has 1 heterocycles. The highest BCUT2D eigenvalue weighted by molar-refractivity contribution is 14.1. The van der Waals surface area contributed by atoms with Gasteiger partial charge in [-0.25, -0.2) is 9.97 Å². The lowest BCUT2D eigenvalue weighted by Gasteiger charge is -2.10. The summed E-state index contributed by atoms with van der Waals surface area (Å²) < 4.78 is 1.21. The number of hydrogen-bond donors (Lipinski definition) is 0. The van der Waals surface area contributed by atoms with Crippen molar-refractivity contribution in [3.63, 3.8) is 0 Å². The van der Waals surface area contributed by atoms with E-state index in [-0.39, 0.29) is 0 Å². The first-order valence-corrected chi connectivity index (χ1v) is 8.55. The average molecular weight is 406 g/mol. The summed E-state index contributed by atoms with van der Waals surface area (Å²) in [6.07, 6.45) is 0. The first-order valence-electron chi connectivity index (χ1n) is 7.48. The Kier molecular flexibility index (Phi) is 2.79. The minimum Gasteiger partial charge on any atom is -0.244 e. The van der Waals surface area contributed by atoms with Crippen LogP contribution in [0.25, 0.3) is 43.6 Å². The van der Waals surface area contributed by atoms with E-state index in [0.717, 1.165) is 27.5 Å². The second-order valence-electron chi connectivity index (χ2n) is 5.65. The Balaban J connectivity index is 2.16. The molecule has 5 rings (SSSR count). The van der Waals surface area contributed by atoms with Gasteiger partial charge < -0.3 is 0 Å². The molecule has 0 N–H and O–H groups in total. The molecule has 0 aliphatic carbocycles. The summed E-state index contributed by atoms with van der Waals surface area (Å²) in [6, 6.07) is 23.1. The van der Waals surface area contributed by atoms with Crippen LogP contribution in [0.4, 0.5) is 0 Å². The first-order chi connectivity index (χ1) is 11.3. The molecule has 0 aliphatic heterocycles. The van der Waals surface area contributed by atoms with Gasteiger partial charge in [-0.3, -0.25) is 0 Å². The Morgan fingerprint density at radius 2 is 1.13 bits per heavy atom. The summed E-state index contributed by atoms with van der Waals surface area (Å²) in [5.74, 6) is 0. The molecule has 23 heavy (non-hydrogen) atoms. The molecule has 2 nitrogen and oxygen atoms in total. The van der Waals surface area contributed by atoms with Crippen molar-refractivity contribution in [2.75, 3.05) is 0 Å². The van der Waals surface area contributed by atoms with Gasteiger partial charge in [-0.15, -0.1) is 0 Å². The van der Waals surface area contributed by atoms with Gasteiger partial charge in [0.25, 0.3) is 0 Å². The molecular weight excluding hydrogens is 395 g/mol. The van der Waals surface area contributed by atoms with E-state index in [1.54, 1.807) is 0 Å². The Bertz CT molecular complexity index is 1230. The van der Waals surface area contributed by atoms with Gasteiger partial charge in [0.1, 0.15) is 0 Å². The van der Waals surface area contributed by atoms with Crippen LogP contribution in [-0.2, 0) is 0 Å². The highest BCUT2D eigenvalue weighted by atomic mass is 127. The van der Waals surface area contributed by atoms with Crippen LogP contribution in [0.1, 0.15) is 0 Å². The van der Waals surface area contributed by atoms with Crippen LogP contribution in [-0.4, -0.2) is 9.97 Å². The zero-order chi connectivity index (χ0) is 15.4. The number of para-hydroxylation sites is 2. The lowest BCUT2D eigenvalue weighted by atomic mass is 9.99. The molecule has 4 aromatic carbocycles. The van der Waals surface area contributed by atoms with Crippen molar-refractivity contribution in [2.24, 2.45) is 0 Å². The van der Waals surface area contributed by atoms with Crippen LogP contribution in [0.3, 0.4) is 0 Å². The second kappa shape index (κ2) is 4.86. The van der Waals surface area contributed by atoms with Crippen molar-refractivity contribution in [1.82, 2.24) is 9.97 Å². The Morgan fingerprint density at radius 1 is 0.565 bits per heavy atom. The smallest absolute Gasteiger partial charge is 0.0979 e. The molecule has 0 amide bonds. The van der Waals surface area contributed by atoms with E-state index in [1.807, 2.05) is 24.3 Å². The van der Waals surface area contributed by atoms with E-state index >= 15 is 0 Å². The lowest BCUT2D eigenvalue weighted by Crippen LogP contribution is -1.91. The summed E-state index contributed by atoms with van der Waals surface area (Å²) in [6.45, 7) is 0. The van der Waals surface area contributed by atoms with E-state index in [0.29, 0.717) is 0 Å². The molecule has 0 aliphatic rings. The van der Waals surface area contributed by atoms with E-state index in [4.69, 9.17) is 9.97 Å². The number of aromatic nitrogens is 2. The minimum atomic E-state index is 0.940. The van der Waals surface area contributed by atoms with Gasteiger partial charge in [0, 0.05) is 14.3 Å². The normalized spacial score (nSPS) is 11.7. The monoisotopic (exact) mass is 406 g/mol. The molecule has 0 fully saturated rings. The minimum absolute atomic E-state index is 0.940. The molecule has 108 valence electrons. The molecular formula is C20H11IN2. The summed E-state index contributed by atoms with van der Waals surface area (Å²) in [5, 5.41) is 4.80. The molecule has 0 saturated heterocycles. The quantitative estimate of drug-likeness (QED) is 0.188. The number of halogens is 1. The van der Waals surface area contributed by atoms with Crippen LogP contribution in [0.2, 0.25) is 0 Å². The van der Waals surface area contributed by atoms with Crippen molar-refractivity contribution in [2.45, 2.75) is 0 Å². The maximum absolute atomic E-state index is 4.93. The molecule has 1 aromatic heterocycles. The maximum Gasteiger partial charge on any atom is 0.0979 e. The molecule has 0 spiro atoms. The summed E-state index contributed by atoms with van der Waals surface area (Å²) in [5.41, 5.74) is 3.84. The van der Waals surface area contributed by atoms with E-state index < -0.39 is 0 Å². The number of rotatable bonds is 0. The number of fused-ring (bicyclic) bond motifs is 7. The fourth-order valence-corrected chi connectivity index (χ4v) is 3.74. The fourth-order valence-electron chi connectivity index (χ4n) is 3.25. The predicted octanol–water partition coefficient (Wildman–Crippen LogP) is 5.69. The second-order valence-corrected chi connectivity index (χ2v) is 6.89. The third-order valence-electron chi connectivity index (χ3n) is 4.28. The SMILES string of the molecule is Ic1ccc2c3ccccc3c3nc4ccccc4nc3c2c1. The van der Waals surface area contributed by atoms with Crippen molar-refractivity contribution in [3.05, 3.63) is 70.3 Å². The molecule has 0 saturated carbocycles. The summed E-state index contributed by atoms with van der Waals surface area (Å²) in [7, 11) is 0. The summed E-state index contributed by atoms with van der Waals surface area (Å²) in [4.78, 5) is 9.85. The standard InChI is InChI=1S/C20H11IN2/c21-12-9-10-14-13-5-1-2-6-15(13)19-20(16(14)11-12)23-18-8-4-3-7-17(18)22-19/h1-11H. The van der Waals surface area contributed by atoms with Crippen LogP contribution >= 0.6 is 22.6 Å². The van der Waals surface area contributed by atoms with Gasteiger partial charge in [-0.1, -0.05) is 42.5 Å². The third-order valence-corrected chi connectivity index (χ3v) is 4.95. The number of benzene rings is 4. The Morgan fingerprint density at radius 3 is 1.87 bits per heavy atom. The molecule has 3 heteroatoms. The Hall–Kier alpha value is -2.27.